The lowest BCUT2D eigenvalue weighted by Gasteiger charge is -2.18. The van der Waals surface area contributed by atoms with Crippen molar-refractivity contribution >= 4 is 5.91 Å². The lowest BCUT2D eigenvalue weighted by molar-refractivity contribution is -0.130. The van der Waals surface area contributed by atoms with Crippen LogP contribution in [-0.2, 0) is 16.9 Å². The largest absolute Gasteiger partial charge is 0.497 e. The first kappa shape index (κ1) is 16.1. The number of hydrogen-bond acceptors (Lipinski definition) is 5. The van der Waals surface area contributed by atoms with Crippen LogP contribution in [-0.4, -0.2) is 41.1 Å². The molecule has 2 heterocycles. The van der Waals surface area contributed by atoms with Gasteiger partial charge in [0.15, 0.2) is 5.82 Å². The zero-order chi connectivity index (χ0) is 17.4. The summed E-state index contributed by atoms with van der Waals surface area (Å²) in [7, 11) is 1.59. The molecule has 2 aromatic rings. The summed E-state index contributed by atoms with van der Waals surface area (Å²) < 4.78 is 25.4. The van der Waals surface area contributed by atoms with E-state index in [1.165, 1.54) is 4.90 Å². The van der Waals surface area contributed by atoms with Crippen LogP contribution in [0.2, 0.25) is 0 Å². The highest BCUT2D eigenvalue weighted by atomic mass is 19.1. The number of halogens is 1. The van der Waals surface area contributed by atoms with Gasteiger partial charge in [-0.15, -0.1) is 0 Å². The number of aromatic nitrogens is 2. The molecule has 1 atom stereocenters. The van der Waals surface area contributed by atoms with Crippen LogP contribution in [0.25, 0.3) is 0 Å². The molecule has 0 bridgehead atoms. The molecule has 2 aliphatic rings. The number of methoxy groups -OCH3 is 1. The number of alkyl halides is 1. The predicted octanol–water partition coefficient (Wildman–Crippen LogP) is 2.60. The fourth-order valence-corrected chi connectivity index (χ4v) is 3.11. The molecule has 0 radical (unpaired) electrons. The lowest BCUT2D eigenvalue weighted by atomic mass is 10.1. The number of amides is 1. The summed E-state index contributed by atoms with van der Waals surface area (Å²) in [6.07, 6.45) is 2.49. The number of carbonyl (C=O) groups excluding carboxylic acids is 1. The summed E-state index contributed by atoms with van der Waals surface area (Å²) in [5, 5.41) is 3.88. The van der Waals surface area contributed by atoms with Crippen LogP contribution < -0.4 is 4.74 Å². The molecule has 7 heteroatoms. The van der Waals surface area contributed by atoms with Gasteiger partial charge < -0.3 is 14.2 Å². The van der Waals surface area contributed by atoms with Gasteiger partial charge in [0.25, 0.3) is 5.89 Å². The van der Waals surface area contributed by atoms with E-state index in [-0.39, 0.29) is 31.2 Å². The van der Waals surface area contributed by atoms with E-state index in [1.807, 2.05) is 24.3 Å². The first-order valence-electron chi connectivity index (χ1n) is 8.51. The molecule has 1 aliphatic heterocycles. The highest BCUT2D eigenvalue weighted by Gasteiger charge is 2.47. The number of carbonyl (C=O) groups is 1. The Morgan fingerprint density at radius 1 is 1.40 bits per heavy atom. The quantitative estimate of drug-likeness (QED) is 0.833. The van der Waals surface area contributed by atoms with Crippen LogP contribution >= 0.6 is 0 Å². The van der Waals surface area contributed by atoms with Crippen LogP contribution in [0.4, 0.5) is 4.39 Å². The Morgan fingerprint density at radius 3 is 2.84 bits per heavy atom. The van der Waals surface area contributed by atoms with Crippen LogP contribution in [0.3, 0.4) is 0 Å². The van der Waals surface area contributed by atoms with Crippen molar-refractivity contribution in [3.05, 3.63) is 41.5 Å². The minimum atomic E-state index is -1.74. The van der Waals surface area contributed by atoms with Gasteiger partial charge in [0, 0.05) is 18.9 Å². The van der Waals surface area contributed by atoms with Crippen LogP contribution in [0, 0.1) is 0 Å². The van der Waals surface area contributed by atoms with E-state index in [0.717, 1.165) is 24.2 Å². The third kappa shape index (κ3) is 3.23. The highest BCUT2D eigenvalue weighted by molar-refractivity contribution is 5.79. The summed E-state index contributed by atoms with van der Waals surface area (Å²) in [4.78, 5) is 18.2. The van der Waals surface area contributed by atoms with Crippen LogP contribution in [0.5, 0.6) is 5.75 Å². The summed E-state index contributed by atoms with van der Waals surface area (Å²) in [5.41, 5.74) is -0.869. The zero-order valence-corrected chi connectivity index (χ0v) is 14.1. The maximum atomic E-state index is 15.2. The standard InChI is InChI=1S/C18H20FN3O3/c1-24-14-6-2-12(3-7-14)10-15(23)22-9-8-18(19,11-22)17-20-16(21-25-17)13-4-5-13/h2-3,6-7,13H,4-5,8-11H2,1H3. The van der Waals surface area contributed by atoms with E-state index in [4.69, 9.17) is 9.26 Å². The maximum Gasteiger partial charge on any atom is 0.266 e. The van der Waals surface area contributed by atoms with Gasteiger partial charge in [-0.3, -0.25) is 4.79 Å². The molecular weight excluding hydrogens is 325 g/mol. The molecule has 1 amide bonds. The number of benzene rings is 1. The molecule has 1 unspecified atom stereocenters. The summed E-state index contributed by atoms with van der Waals surface area (Å²) in [6, 6.07) is 7.30. The second kappa shape index (κ2) is 6.13. The van der Waals surface area contributed by atoms with Gasteiger partial charge >= 0.3 is 0 Å². The Hall–Kier alpha value is -2.44. The Kier molecular flexibility index (Phi) is 3.94. The average Bonchev–Trinajstić information content (AvgIpc) is 3.19. The fraction of sp³-hybridized carbons (Fsp3) is 0.500. The minimum absolute atomic E-state index is 0.00847. The third-order valence-corrected chi connectivity index (χ3v) is 4.85. The summed E-state index contributed by atoms with van der Waals surface area (Å²) in [6.45, 7) is 0.320. The van der Waals surface area contributed by atoms with Crippen molar-refractivity contribution in [2.45, 2.75) is 37.3 Å². The van der Waals surface area contributed by atoms with Gasteiger partial charge in [0.05, 0.1) is 20.1 Å². The van der Waals surface area contributed by atoms with Crippen molar-refractivity contribution in [2.24, 2.45) is 0 Å². The molecule has 1 aromatic heterocycles. The molecule has 1 aliphatic carbocycles. The minimum Gasteiger partial charge on any atom is -0.497 e. The number of ether oxygens (including phenoxy) is 1. The number of nitrogens with zero attached hydrogens (tertiary/aromatic N) is 3. The molecule has 132 valence electrons. The molecule has 25 heavy (non-hydrogen) atoms. The first-order chi connectivity index (χ1) is 12.1. The smallest absolute Gasteiger partial charge is 0.266 e. The van der Waals surface area contributed by atoms with Gasteiger partial charge in [-0.25, -0.2) is 4.39 Å². The first-order valence-corrected chi connectivity index (χ1v) is 8.51. The van der Waals surface area contributed by atoms with Crippen molar-refractivity contribution in [2.75, 3.05) is 20.2 Å². The normalized spacial score (nSPS) is 23.0. The van der Waals surface area contributed by atoms with Crippen molar-refractivity contribution < 1.29 is 18.4 Å². The van der Waals surface area contributed by atoms with E-state index >= 15 is 4.39 Å². The molecule has 4 rings (SSSR count). The molecule has 1 aromatic carbocycles. The second-order valence-electron chi connectivity index (χ2n) is 6.79. The Morgan fingerprint density at radius 2 is 2.16 bits per heavy atom. The maximum absolute atomic E-state index is 15.2. The van der Waals surface area contributed by atoms with E-state index in [0.29, 0.717) is 18.3 Å². The molecule has 0 N–H and O–H groups in total. The van der Waals surface area contributed by atoms with E-state index in [2.05, 4.69) is 10.1 Å². The molecule has 2 fully saturated rings. The Balaban J connectivity index is 1.40. The number of likely N-dealkylation sites (tertiary alicyclic amines) is 1. The SMILES string of the molecule is COc1ccc(CC(=O)N2CCC(F)(c3nc(C4CC4)no3)C2)cc1. The highest BCUT2D eigenvalue weighted by Crippen LogP contribution is 2.41. The van der Waals surface area contributed by atoms with Gasteiger partial charge in [-0.05, 0) is 30.5 Å². The molecular formula is C18H20FN3O3. The topological polar surface area (TPSA) is 68.5 Å². The monoisotopic (exact) mass is 345 g/mol. The third-order valence-electron chi connectivity index (χ3n) is 4.85. The van der Waals surface area contributed by atoms with Crippen molar-refractivity contribution in [3.8, 4) is 5.75 Å². The van der Waals surface area contributed by atoms with Gasteiger partial charge in [0.2, 0.25) is 11.6 Å². The Labute approximate surface area is 145 Å². The van der Waals surface area contributed by atoms with Gasteiger partial charge in [-0.2, -0.15) is 4.98 Å². The van der Waals surface area contributed by atoms with Gasteiger partial charge in [0.1, 0.15) is 5.75 Å². The number of rotatable bonds is 5. The molecule has 1 saturated carbocycles. The van der Waals surface area contributed by atoms with E-state index < -0.39 is 5.67 Å². The molecule has 6 nitrogen and oxygen atoms in total. The average molecular weight is 345 g/mol. The zero-order valence-electron chi connectivity index (χ0n) is 14.1. The van der Waals surface area contributed by atoms with Crippen LogP contribution in [0.15, 0.2) is 28.8 Å². The van der Waals surface area contributed by atoms with E-state index in [9.17, 15) is 4.79 Å². The van der Waals surface area contributed by atoms with Crippen molar-refractivity contribution in [1.29, 1.82) is 0 Å². The Bertz CT molecular complexity index is 772. The number of hydrogen-bond donors (Lipinski definition) is 0. The van der Waals surface area contributed by atoms with Crippen molar-refractivity contribution in [3.63, 3.8) is 0 Å². The lowest BCUT2D eigenvalue weighted by Crippen LogP contribution is -2.33. The fourth-order valence-electron chi connectivity index (χ4n) is 3.11. The van der Waals surface area contributed by atoms with Crippen molar-refractivity contribution in [1.82, 2.24) is 15.0 Å². The summed E-state index contributed by atoms with van der Waals surface area (Å²) >= 11 is 0. The second-order valence-corrected chi connectivity index (χ2v) is 6.79. The molecule has 0 spiro atoms. The summed E-state index contributed by atoms with van der Waals surface area (Å²) in [5.74, 6) is 1.55. The molecule has 1 saturated heterocycles. The van der Waals surface area contributed by atoms with Crippen LogP contribution in [0.1, 0.15) is 42.5 Å². The van der Waals surface area contributed by atoms with Gasteiger partial charge in [-0.1, -0.05) is 17.3 Å². The van der Waals surface area contributed by atoms with E-state index in [1.54, 1.807) is 7.11 Å². The predicted molar refractivity (Wildman–Crippen MR) is 87.0 cm³/mol.